The van der Waals surface area contributed by atoms with Gasteiger partial charge in [-0.15, -0.1) is 0 Å². The zero-order chi connectivity index (χ0) is 46.0. The van der Waals surface area contributed by atoms with E-state index in [0.717, 1.165) is 39.0 Å². The Balaban J connectivity index is 1.02. The molecule has 0 saturated carbocycles. The van der Waals surface area contributed by atoms with Gasteiger partial charge in [0.25, 0.3) is 0 Å². The van der Waals surface area contributed by atoms with Crippen molar-refractivity contribution in [3.05, 3.63) is 258 Å². The van der Waals surface area contributed by atoms with Crippen LogP contribution < -0.4 is 4.90 Å². The Morgan fingerprint density at radius 1 is 0.343 bits per heavy atom. The van der Waals surface area contributed by atoms with Gasteiger partial charge in [0, 0.05) is 27.6 Å². The summed E-state index contributed by atoms with van der Waals surface area (Å²) in [5.41, 5.74) is 22.2. The van der Waals surface area contributed by atoms with E-state index in [1.54, 1.807) is 0 Å². The van der Waals surface area contributed by atoms with E-state index >= 15 is 0 Å². The number of nitrogens with zero attached hydrogens (tertiary/aromatic N) is 1. The van der Waals surface area contributed by atoms with Gasteiger partial charge in [-0.25, -0.2) is 0 Å². The average molecular weight is 890 g/mol. The molecule has 2 heteroatoms. The van der Waals surface area contributed by atoms with Crippen LogP contribution in [0.15, 0.2) is 229 Å². The number of para-hydroxylation sites is 2. The van der Waals surface area contributed by atoms with Gasteiger partial charge in [-0.2, -0.15) is 0 Å². The Bertz CT molecular complexity index is 4400. The number of rotatable bonds is 3. The van der Waals surface area contributed by atoms with Crippen LogP contribution in [0.4, 0.5) is 17.1 Å². The lowest BCUT2D eigenvalue weighted by Gasteiger charge is -2.36. The van der Waals surface area contributed by atoms with Gasteiger partial charge in [0.15, 0.2) is 5.58 Å². The van der Waals surface area contributed by atoms with Crippen LogP contribution in [0.25, 0.3) is 98.8 Å². The van der Waals surface area contributed by atoms with Gasteiger partial charge < -0.3 is 9.32 Å². The van der Waals surface area contributed by atoms with E-state index in [9.17, 15) is 0 Å². The quantitative estimate of drug-likeness (QED) is 0.164. The molecule has 0 aliphatic heterocycles. The predicted octanol–water partition coefficient (Wildman–Crippen LogP) is 18.3. The second-order valence-corrected chi connectivity index (χ2v) is 20.3. The highest BCUT2D eigenvalue weighted by Gasteiger charge is 2.50. The third kappa shape index (κ3) is 4.73. The van der Waals surface area contributed by atoms with Crippen molar-refractivity contribution < 1.29 is 4.42 Å². The lowest BCUT2D eigenvalue weighted by atomic mass is 9.65. The zero-order valence-corrected chi connectivity index (χ0v) is 38.7. The molecule has 16 rings (SSSR count). The normalized spacial score (nSPS) is 15.7. The van der Waals surface area contributed by atoms with Crippen molar-refractivity contribution in [2.45, 2.75) is 24.7 Å². The van der Waals surface area contributed by atoms with Crippen LogP contribution in [0.2, 0.25) is 0 Å². The Morgan fingerprint density at radius 3 is 1.73 bits per heavy atom. The summed E-state index contributed by atoms with van der Waals surface area (Å²) < 4.78 is 6.92. The molecule has 0 N–H and O–H groups in total. The SMILES string of the molecule is CC1(C)c2ccccc2-c2ccc(N(c3ccc4c(c3)-c3ccccc3-c3ccccc3C43c4ccccc4-c4c3cc3ccc5cccc6ccc4c3c56)c3cccc4c3oc3ccccc34)cc21. The number of benzene rings is 12. The summed E-state index contributed by atoms with van der Waals surface area (Å²) in [7, 11) is 0. The third-order valence-electron chi connectivity index (χ3n) is 16.6. The van der Waals surface area contributed by atoms with Crippen molar-refractivity contribution in [1.82, 2.24) is 0 Å². The Morgan fingerprint density at radius 2 is 0.914 bits per heavy atom. The van der Waals surface area contributed by atoms with Crippen molar-refractivity contribution in [3.8, 4) is 44.5 Å². The largest absolute Gasteiger partial charge is 0.454 e. The van der Waals surface area contributed by atoms with Gasteiger partial charge in [0.2, 0.25) is 0 Å². The fourth-order valence-corrected chi connectivity index (χ4v) is 13.7. The average Bonchev–Trinajstić information content (AvgIpc) is 4.00. The highest BCUT2D eigenvalue weighted by molar-refractivity contribution is 6.27. The minimum absolute atomic E-state index is 0.181. The fraction of sp³-hybridized carbons (Fsp3) is 0.0588. The maximum absolute atomic E-state index is 6.92. The first-order chi connectivity index (χ1) is 34.5. The zero-order valence-electron chi connectivity index (χ0n) is 38.7. The van der Waals surface area contributed by atoms with Gasteiger partial charge in [-0.3, -0.25) is 0 Å². The van der Waals surface area contributed by atoms with Crippen molar-refractivity contribution >= 4 is 71.3 Å². The van der Waals surface area contributed by atoms with Crippen molar-refractivity contribution in [1.29, 1.82) is 0 Å². The van der Waals surface area contributed by atoms with Gasteiger partial charge in [0.1, 0.15) is 5.58 Å². The van der Waals surface area contributed by atoms with Crippen LogP contribution in [-0.4, -0.2) is 0 Å². The summed E-state index contributed by atoms with van der Waals surface area (Å²) in [5.74, 6) is 0. The van der Waals surface area contributed by atoms with E-state index in [2.05, 4.69) is 243 Å². The predicted molar refractivity (Wildman–Crippen MR) is 291 cm³/mol. The first-order valence-corrected chi connectivity index (χ1v) is 24.6. The standard InChI is InChI=1S/C68H43NO/c1-67(2)55-24-9-5-20-48(55)49-35-32-44(39-59(49)67)69(61-27-14-23-51-50-21-8-12-28-62(50)70-66(51)61)43-33-36-58-54(38-43)46-18-4-3-17-45(46)47-19-6-10-25-56(47)68(58)57-26-11-7-22-52(57)65-53-34-31-41-16-13-15-40-29-30-42(37-60(65)68)64(53)63(40)41/h3-39H,1-2H3. The Hall–Kier alpha value is -8.72. The second-order valence-electron chi connectivity index (χ2n) is 20.3. The van der Waals surface area contributed by atoms with Crippen LogP contribution in [0.1, 0.15) is 47.2 Å². The Labute approximate surface area is 405 Å². The molecule has 1 heterocycles. The summed E-state index contributed by atoms with van der Waals surface area (Å²) in [4.78, 5) is 2.46. The third-order valence-corrected chi connectivity index (χ3v) is 16.6. The van der Waals surface area contributed by atoms with Crippen LogP contribution in [0.5, 0.6) is 0 Å². The van der Waals surface area contributed by atoms with E-state index < -0.39 is 5.41 Å². The topological polar surface area (TPSA) is 16.4 Å². The summed E-state index contributed by atoms with van der Waals surface area (Å²) in [5, 5.41) is 10.1. The molecule has 0 bridgehead atoms. The first kappa shape index (κ1) is 38.3. The summed E-state index contributed by atoms with van der Waals surface area (Å²) in [6.45, 7) is 4.74. The Kier molecular flexibility index (Phi) is 7.38. The molecule has 3 aliphatic rings. The molecule has 12 aromatic carbocycles. The van der Waals surface area contributed by atoms with E-state index in [4.69, 9.17) is 4.42 Å². The maximum atomic E-state index is 6.92. The molecule has 0 radical (unpaired) electrons. The van der Waals surface area contributed by atoms with Gasteiger partial charge in [-0.05, 0) is 153 Å². The molecule has 1 unspecified atom stereocenters. The van der Waals surface area contributed by atoms with Gasteiger partial charge in [0.05, 0.1) is 11.1 Å². The smallest absolute Gasteiger partial charge is 0.159 e. The summed E-state index contributed by atoms with van der Waals surface area (Å²) >= 11 is 0. The molecule has 1 aromatic heterocycles. The van der Waals surface area contributed by atoms with Gasteiger partial charge in [-0.1, -0.05) is 196 Å². The second kappa shape index (κ2) is 13.5. The number of anilines is 3. The molecule has 326 valence electrons. The molecule has 70 heavy (non-hydrogen) atoms. The van der Waals surface area contributed by atoms with Crippen molar-refractivity contribution in [3.63, 3.8) is 0 Å². The van der Waals surface area contributed by atoms with Crippen LogP contribution in [0.3, 0.4) is 0 Å². The lowest BCUT2D eigenvalue weighted by molar-refractivity contribution is 0.660. The summed E-state index contributed by atoms with van der Waals surface area (Å²) in [6.07, 6.45) is 0. The monoisotopic (exact) mass is 889 g/mol. The van der Waals surface area contributed by atoms with Crippen LogP contribution in [0, 0.1) is 0 Å². The van der Waals surface area contributed by atoms with E-state index in [0.29, 0.717) is 0 Å². The van der Waals surface area contributed by atoms with Crippen LogP contribution in [-0.2, 0) is 10.8 Å². The number of fused-ring (bicyclic) bond motifs is 19. The summed E-state index contributed by atoms with van der Waals surface area (Å²) in [6, 6.07) is 84.7. The molecule has 13 aromatic rings. The lowest BCUT2D eigenvalue weighted by Crippen LogP contribution is -2.29. The number of hydrogen-bond acceptors (Lipinski definition) is 2. The number of hydrogen-bond donors (Lipinski definition) is 0. The van der Waals surface area contributed by atoms with Crippen molar-refractivity contribution in [2.75, 3.05) is 4.90 Å². The molecule has 2 nitrogen and oxygen atoms in total. The molecule has 0 amide bonds. The van der Waals surface area contributed by atoms with E-state index in [1.165, 1.54) is 110 Å². The van der Waals surface area contributed by atoms with E-state index in [1.807, 2.05) is 0 Å². The van der Waals surface area contributed by atoms with Crippen LogP contribution >= 0.6 is 0 Å². The minimum Gasteiger partial charge on any atom is -0.454 e. The molecule has 0 fully saturated rings. The molecule has 1 spiro atoms. The maximum Gasteiger partial charge on any atom is 0.159 e. The molecular formula is C68H43NO. The highest BCUT2D eigenvalue weighted by Crippen LogP contribution is 2.64. The molecule has 3 aliphatic carbocycles. The minimum atomic E-state index is -0.646. The first-order valence-electron chi connectivity index (χ1n) is 24.6. The van der Waals surface area contributed by atoms with Gasteiger partial charge >= 0.3 is 0 Å². The molecular weight excluding hydrogens is 847 g/mol. The molecule has 1 atom stereocenters. The number of furan rings is 1. The fourth-order valence-electron chi connectivity index (χ4n) is 13.7. The van der Waals surface area contributed by atoms with E-state index in [-0.39, 0.29) is 5.41 Å². The highest BCUT2D eigenvalue weighted by atomic mass is 16.3. The van der Waals surface area contributed by atoms with Crippen molar-refractivity contribution in [2.24, 2.45) is 0 Å². The molecule has 0 saturated heterocycles.